The summed E-state index contributed by atoms with van der Waals surface area (Å²) in [6, 6.07) is 22.5. The highest BCUT2D eigenvalue weighted by atomic mass is 32.3. The van der Waals surface area contributed by atoms with Gasteiger partial charge in [-0.05, 0) is 73.5 Å². The van der Waals surface area contributed by atoms with Crippen LogP contribution in [0, 0.1) is 0 Å². The maximum absolute atomic E-state index is 6.43. The van der Waals surface area contributed by atoms with Crippen molar-refractivity contribution in [1.29, 1.82) is 0 Å². The van der Waals surface area contributed by atoms with Gasteiger partial charge in [-0.15, -0.1) is 0 Å². The van der Waals surface area contributed by atoms with Crippen LogP contribution in [0.15, 0.2) is 70.5 Å². The van der Waals surface area contributed by atoms with Crippen molar-refractivity contribution in [3.8, 4) is 0 Å². The minimum absolute atomic E-state index is 0.252. The van der Waals surface area contributed by atoms with Gasteiger partial charge in [0.15, 0.2) is 0 Å². The van der Waals surface area contributed by atoms with E-state index in [1.807, 2.05) is 0 Å². The van der Waals surface area contributed by atoms with Crippen molar-refractivity contribution in [2.45, 2.75) is 54.7 Å². The average Bonchev–Trinajstić information content (AvgIpc) is 3.17. The normalized spacial score (nSPS) is 19.9. The van der Waals surface area contributed by atoms with Gasteiger partial charge in [0.2, 0.25) is 0 Å². The van der Waals surface area contributed by atoms with Crippen LogP contribution in [0.25, 0.3) is 0 Å². The molecule has 1 N–H and O–H groups in total. The van der Waals surface area contributed by atoms with Crippen molar-refractivity contribution >= 4 is 10.0 Å². The molecule has 0 spiro atoms. The highest BCUT2D eigenvalue weighted by molar-refractivity contribution is 8.33. The lowest BCUT2D eigenvalue weighted by Crippen LogP contribution is -2.41. The number of ether oxygens (including phenoxy) is 1. The van der Waals surface area contributed by atoms with Gasteiger partial charge in [-0.1, -0.05) is 36.4 Å². The van der Waals surface area contributed by atoms with Gasteiger partial charge in [-0.2, -0.15) is 10.0 Å². The minimum atomic E-state index is -1.14. The van der Waals surface area contributed by atoms with E-state index in [-0.39, 0.29) is 12.2 Å². The summed E-state index contributed by atoms with van der Waals surface area (Å²) in [4.78, 5) is 2.88. The second kappa shape index (κ2) is 8.39. The van der Waals surface area contributed by atoms with E-state index in [4.69, 9.17) is 4.74 Å². The van der Waals surface area contributed by atoms with E-state index in [0.717, 1.165) is 12.3 Å². The summed E-state index contributed by atoms with van der Waals surface area (Å²) < 4.78 is 6.43. The molecule has 0 amide bonds. The molecule has 0 unspecified atom stereocenters. The Morgan fingerprint density at radius 1 is 1.00 bits per heavy atom. The van der Waals surface area contributed by atoms with E-state index < -0.39 is 10.0 Å². The molecule has 2 atom stereocenters. The van der Waals surface area contributed by atoms with Crippen molar-refractivity contribution < 1.29 is 4.74 Å². The van der Waals surface area contributed by atoms with Crippen molar-refractivity contribution in [1.82, 2.24) is 5.32 Å². The minimum Gasteiger partial charge on any atom is -0.373 e. The number of hydrogen-bond donors (Lipinski definition) is 1. The molecular weight excluding hydrogens is 326 g/mol. The average molecular weight is 358 g/mol. The highest BCUT2D eigenvalue weighted by Crippen LogP contribution is 2.60. The summed E-state index contributed by atoms with van der Waals surface area (Å²) in [5.74, 6) is 1.07. The SMILES string of the molecule is CC(C)O[C@H](CS(C)(c1ccccc1)c1ccccc1)[C@@H]1CCCN1. The molecule has 1 fully saturated rings. The predicted octanol–water partition coefficient (Wildman–Crippen LogP) is 5.08. The third kappa shape index (κ3) is 4.46. The topological polar surface area (TPSA) is 21.3 Å². The Bertz CT molecular complexity index is 598. The van der Waals surface area contributed by atoms with Gasteiger partial charge in [0, 0.05) is 11.8 Å². The van der Waals surface area contributed by atoms with Gasteiger partial charge in [-0.25, -0.2) is 0 Å². The summed E-state index contributed by atoms with van der Waals surface area (Å²) in [6.45, 7) is 5.42. The molecule has 2 nitrogen and oxygen atoms in total. The molecule has 1 heterocycles. The van der Waals surface area contributed by atoms with E-state index >= 15 is 0 Å². The van der Waals surface area contributed by atoms with Crippen molar-refractivity contribution in [3.05, 3.63) is 60.7 Å². The van der Waals surface area contributed by atoms with Gasteiger partial charge < -0.3 is 10.1 Å². The molecule has 136 valence electrons. The Morgan fingerprint density at radius 2 is 1.56 bits per heavy atom. The number of hydrogen-bond acceptors (Lipinski definition) is 2. The molecule has 1 aliphatic heterocycles. The first-order chi connectivity index (χ1) is 12.1. The van der Waals surface area contributed by atoms with Gasteiger partial charge in [0.25, 0.3) is 0 Å². The summed E-state index contributed by atoms with van der Waals surface area (Å²) in [6.07, 6.45) is 5.43. The smallest absolute Gasteiger partial charge is 0.0813 e. The second-order valence-corrected chi connectivity index (χ2v) is 10.8. The van der Waals surface area contributed by atoms with E-state index in [1.54, 1.807) is 0 Å². The Kier molecular flexibility index (Phi) is 6.21. The van der Waals surface area contributed by atoms with Crippen LogP contribution in [0.3, 0.4) is 0 Å². The van der Waals surface area contributed by atoms with Crippen LogP contribution in [-0.4, -0.2) is 36.8 Å². The van der Waals surface area contributed by atoms with Crippen molar-refractivity contribution in [3.63, 3.8) is 0 Å². The quantitative estimate of drug-likeness (QED) is 0.746. The summed E-state index contributed by atoms with van der Waals surface area (Å²) in [5, 5.41) is 3.68. The van der Waals surface area contributed by atoms with Crippen LogP contribution in [0.5, 0.6) is 0 Å². The Labute approximate surface area is 154 Å². The second-order valence-electron chi connectivity index (χ2n) is 7.31. The molecule has 2 aromatic carbocycles. The van der Waals surface area contributed by atoms with E-state index in [2.05, 4.69) is 86.1 Å². The van der Waals surface area contributed by atoms with E-state index in [0.29, 0.717) is 6.04 Å². The van der Waals surface area contributed by atoms with Gasteiger partial charge >= 0.3 is 0 Å². The Hall–Kier alpha value is -1.29. The van der Waals surface area contributed by atoms with Crippen LogP contribution in [0.2, 0.25) is 0 Å². The van der Waals surface area contributed by atoms with Crippen LogP contribution < -0.4 is 5.32 Å². The van der Waals surface area contributed by atoms with Crippen LogP contribution >= 0.6 is 10.0 Å². The maximum atomic E-state index is 6.43. The van der Waals surface area contributed by atoms with Gasteiger partial charge in [0.05, 0.1) is 12.2 Å². The lowest BCUT2D eigenvalue weighted by atomic mass is 10.1. The molecule has 1 aliphatic rings. The third-order valence-corrected chi connectivity index (χ3v) is 8.64. The number of benzene rings is 2. The summed E-state index contributed by atoms with van der Waals surface area (Å²) >= 11 is 0. The van der Waals surface area contributed by atoms with E-state index in [9.17, 15) is 0 Å². The summed E-state index contributed by atoms with van der Waals surface area (Å²) in [5.41, 5.74) is 0. The highest BCUT2D eigenvalue weighted by Gasteiger charge is 2.33. The zero-order valence-electron chi connectivity index (χ0n) is 15.7. The summed E-state index contributed by atoms with van der Waals surface area (Å²) in [7, 11) is -1.14. The number of nitrogens with one attached hydrogen (secondary N) is 1. The van der Waals surface area contributed by atoms with E-state index in [1.165, 1.54) is 22.6 Å². The van der Waals surface area contributed by atoms with Crippen LogP contribution in [0.1, 0.15) is 26.7 Å². The Balaban J connectivity index is 1.96. The molecule has 0 radical (unpaired) electrons. The Morgan fingerprint density at radius 3 is 2.00 bits per heavy atom. The fourth-order valence-electron chi connectivity index (χ4n) is 3.73. The van der Waals surface area contributed by atoms with Crippen molar-refractivity contribution in [2.24, 2.45) is 0 Å². The molecular formula is C22H31NOS. The third-order valence-electron chi connectivity index (χ3n) is 5.02. The van der Waals surface area contributed by atoms with Crippen LogP contribution in [-0.2, 0) is 4.74 Å². The molecule has 2 aromatic rings. The monoisotopic (exact) mass is 357 g/mol. The first-order valence-corrected chi connectivity index (χ1v) is 11.6. The fourth-order valence-corrected chi connectivity index (χ4v) is 6.87. The molecule has 3 heteroatoms. The van der Waals surface area contributed by atoms with Gasteiger partial charge in [-0.3, -0.25) is 0 Å². The molecule has 3 rings (SSSR count). The molecule has 1 saturated heterocycles. The lowest BCUT2D eigenvalue weighted by Gasteiger charge is -2.41. The number of rotatable bonds is 7. The largest absolute Gasteiger partial charge is 0.373 e. The zero-order valence-corrected chi connectivity index (χ0v) is 16.5. The lowest BCUT2D eigenvalue weighted by molar-refractivity contribution is 0.00335. The first kappa shape index (κ1) is 18.5. The molecule has 0 saturated carbocycles. The standard InChI is InChI=1S/C22H31NOS/c1-18(2)24-22(21-15-10-16-23-21)17-25(3,19-11-6-4-7-12-19)20-13-8-5-9-14-20/h4-9,11-14,18,21-23H,10,15-17H2,1-3H3/t21-,22+/m0/s1. The first-order valence-electron chi connectivity index (χ1n) is 9.34. The molecule has 0 aliphatic carbocycles. The zero-order chi connectivity index (χ0) is 17.7. The predicted molar refractivity (Wildman–Crippen MR) is 109 cm³/mol. The van der Waals surface area contributed by atoms with Gasteiger partial charge in [0.1, 0.15) is 0 Å². The fraction of sp³-hybridized carbons (Fsp3) is 0.455. The molecule has 25 heavy (non-hydrogen) atoms. The molecule has 0 aromatic heterocycles. The van der Waals surface area contributed by atoms with Crippen molar-refractivity contribution in [2.75, 3.05) is 18.6 Å². The molecule has 0 bridgehead atoms. The maximum Gasteiger partial charge on any atom is 0.0813 e. The van der Waals surface area contributed by atoms with Crippen LogP contribution in [0.4, 0.5) is 0 Å².